The van der Waals surface area contributed by atoms with E-state index in [-0.39, 0.29) is 0 Å². The standard InChI is InChI=1S/C17H21N/c1-2-3-6-15-8-10-16(11-9-15)12-13-17-7-4-5-14-18-17/h4-5,7-11,14H,2-3,6,12-13H2,1H3. The molecule has 0 fully saturated rings. The molecule has 0 atom stereocenters. The molecular weight excluding hydrogens is 218 g/mol. The van der Waals surface area contributed by atoms with Gasteiger partial charge in [-0.15, -0.1) is 0 Å². The van der Waals surface area contributed by atoms with Crippen LogP contribution >= 0.6 is 0 Å². The van der Waals surface area contributed by atoms with Crippen LogP contribution in [0.5, 0.6) is 0 Å². The van der Waals surface area contributed by atoms with Gasteiger partial charge in [0.1, 0.15) is 0 Å². The molecule has 1 heteroatoms. The predicted molar refractivity (Wildman–Crippen MR) is 76.7 cm³/mol. The average molecular weight is 239 g/mol. The minimum absolute atomic E-state index is 1.02. The first-order valence-electron chi connectivity index (χ1n) is 6.86. The molecule has 0 aliphatic rings. The second-order valence-electron chi connectivity index (χ2n) is 4.74. The Morgan fingerprint density at radius 2 is 1.56 bits per heavy atom. The molecule has 2 aromatic rings. The number of unbranched alkanes of at least 4 members (excludes halogenated alkanes) is 1. The molecule has 0 aliphatic carbocycles. The van der Waals surface area contributed by atoms with E-state index in [9.17, 15) is 0 Å². The summed E-state index contributed by atoms with van der Waals surface area (Å²) < 4.78 is 0. The van der Waals surface area contributed by atoms with Gasteiger partial charge in [0.15, 0.2) is 0 Å². The summed E-state index contributed by atoms with van der Waals surface area (Å²) >= 11 is 0. The molecule has 0 aliphatic heterocycles. The van der Waals surface area contributed by atoms with E-state index in [1.807, 2.05) is 12.3 Å². The number of benzene rings is 1. The second-order valence-corrected chi connectivity index (χ2v) is 4.74. The van der Waals surface area contributed by atoms with Gasteiger partial charge >= 0.3 is 0 Å². The molecule has 18 heavy (non-hydrogen) atoms. The SMILES string of the molecule is CCCCc1ccc(CCc2ccccn2)cc1. The molecule has 94 valence electrons. The Morgan fingerprint density at radius 3 is 2.17 bits per heavy atom. The highest BCUT2D eigenvalue weighted by Crippen LogP contribution is 2.10. The van der Waals surface area contributed by atoms with Gasteiger partial charge in [-0.3, -0.25) is 4.98 Å². The van der Waals surface area contributed by atoms with E-state index in [4.69, 9.17) is 0 Å². The topological polar surface area (TPSA) is 12.9 Å². The van der Waals surface area contributed by atoms with E-state index in [2.05, 4.69) is 48.3 Å². The van der Waals surface area contributed by atoms with Crippen LogP contribution in [0.3, 0.4) is 0 Å². The molecule has 0 spiro atoms. The zero-order valence-corrected chi connectivity index (χ0v) is 11.1. The number of aromatic nitrogens is 1. The highest BCUT2D eigenvalue weighted by atomic mass is 14.7. The van der Waals surface area contributed by atoms with Crippen LogP contribution in [0.1, 0.15) is 36.6 Å². The van der Waals surface area contributed by atoms with Gasteiger partial charge in [0, 0.05) is 11.9 Å². The van der Waals surface area contributed by atoms with Crippen molar-refractivity contribution >= 4 is 0 Å². The van der Waals surface area contributed by atoms with Crippen LogP contribution in [0.15, 0.2) is 48.7 Å². The second kappa shape index (κ2) is 6.95. The molecule has 0 saturated carbocycles. The van der Waals surface area contributed by atoms with E-state index in [0.717, 1.165) is 12.8 Å². The quantitative estimate of drug-likeness (QED) is 0.736. The Balaban J connectivity index is 1.86. The smallest absolute Gasteiger partial charge is 0.0406 e. The van der Waals surface area contributed by atoms with Gasteiger partial charge in [-0.1, -0.05) is 43.7 Å². The van der Waals surface area contributed by atoms with Crippen LogP contribution in [0, 0.1) is 0 Å². The van der Waals surface area contributed by atoms with Crippen molar-refractivity contribution in [3.63, 3.8) is 0 Å². The van der Waals surface area contributed by atoms with Crippen LogP contribution in [0.4, 0.5) is 0 Å². The van der Waals surface area contributed by atoms with Crippen LogP contribution in [0.2, 0.25) is 0 Å². The molecule has 0 radical (unpaired) electrons. The van der Waals surface area contributed by atoms with Crippen LogP contribution in [-0.4, -0.2) is 4.98 Å². The number of hydrogen-bond donors (Lipinski definition) is 0. The van der Waals surface area contributed by atoms with Crippen molar-refractivity contribution in [2.75, 3.05) is 0 Å². The van der Waals surface area contributed by atoms with Gasteiger partial charge in [-0.2, -0.15) is 0 Å². The van der Waals surface area contributed by atoms with E-state index in [1.165, 1.54) is 36.1 Å². The minimum Gasteiger partial charge on any atom is -0.261 e. The molecule has 2 rings (SSSR count). The van der Waals surface area contributed by atoms with Crippen molar-refractivity contribution < 1.29 is 0 Å². The lowest BCUT2D eigenvalue weighted by molar-refractivity contribution is 0.794. The van der Waals surface area contributed by atoms with Gasteiger partial charge in [0.2, 0.25) is 0 Å². The number of nitrogens with zero attached hydrogens (tertiary/aromatic N) is 1. The molecule has 1 aromatic heterocycles. The average Bonchev–Trinajstić information content (AvgIpc) is 2.45. The number of rotatable bonds is 6. The van der Waals surface area contributed by atoms with E-state index >= 15 is 0 Å². The molecule has 1 nitrogen and oxygen atoms in total. The summed E-state index contributed by atoms with van der Waals surface area (Å²) in [5.41, 5.74) is 4.03. The fourth-order valence-corrected chi connectivity index (χ4v) is 2.07. The predicted octanol–water partition coefficient (Wildman–Crippen LogP) is 4.21. The minimum atomic E-state index is 1.02. The number of pyridine rings is 1. The Hall–Kier alpha value is -1.63. The molecule has 0 amide bonds. The summed E-state index contributed by atoms with van der Waals surface area (Å²) in [5, 5.41) is 0. The third kappa shape index (κ3) is 3.99. The summed E-state index contributed by atoms with van der Waals surface area (Å²) in [6.07, 6.45) is 7.72. The van der Waals surface area contributed by atoms with E-state index < -0.39 is 0 Å². The summed E-state index contributed by atoms with van der Waals surface area (Å²) in [5.74, 6) is 0. The number of hydrogen-bond acceptors (Lipinski definition) is 1. The Morgan fingerprint density at radius 1 is 0.833 bits per heavy atom. The summed E-state index contributed by atoms with van der Waals surface area (Å²) in [7, 11) is 0. The molecule has 0 saturated heterocycles. The van der Waals surface area contributed by atoms with Gasteiger partial charge in [0.05, 0.1) is 0 Å². The van der Waals surface area contributed by atoms with Gasteiger partial charge in [-0.05, 0) is 48.9 Å². The lowest BCUT2D eigenvalue weighted by Gasteiger charge is -2.04. The van der Waals surface area contributed by atoms with Gasteiger partial charge < -0.3 is 0 Å². The first-order valence-corrected chi connectivity index (χ1v) is 6.86. The Labute approximate surface area is 110 Å². The summed E-state index contributed by atoms with van der Waals surface area (Å²) in [6, 6.07) is 15.2. The van der Waals surface area contributed by atoms with E-state index in [0.29, 0.717) is 0 Å². The number of aryl methyl sites for hydroxylation is 3. The summed E-state index contributed by atoms with van der Waals surface area (Å²) in [6.45, 7) is 2.24. The van der Waals surface area contributed by atoms with Crippen LogP contribution in [-0.2, 0) is 19.3 Å². The van der Waals surface area contributed by atoms with Crippen LogP contribution < -0.4 is 0 Å². The largest absolute Gasteiger partial charge is 0.261 e. The molecule has 0 N–H and O–H groups in total. The van der Waals surface area contributed by atoms with Crippen molar-refractivity contribution in [3.05, 3.63) is 65.5 Å². The fourth-order valence-electron chi connectivity index (χ4n) is 2.07. The first kappa shape index (κ1) is 12.8. The zero-order valence-electron chi connectivity index (χ0n) is 11.1. The summed E-state index contributed by atoms with van der Waals surface area (Å²) in [4.78, 5) is 4.35. The third-order valence-corrected chi connectivity index (χ3v) is 3.24. The maximum Gasteiger partial charge on any atom is 0.0406 e. The Kier molecular flexibility index (Phi) is 4.95. The fraction of sp³-hybridized carbons (Fsp3) is 0.353. The first-order chi connectivity index (χ1) is 8.88. The van der Waals surface area contributed by atoms with Crippen molar-refractivity contribution in [2.45, 2.75) is 39.0 Å². The molecule has 0 unspecified atom stereocenters. The van der Waals surface area contributed by atoms with E-state index in [1.54, 1.807) is 0 Å². The monoisotopic (exact) mass is 239 g/mol. The molecule has 0 bridgehead atoms. The lowest BCUT2D eigenvalue weighted by Crippen LogP contribution is -1.94. The Bertz CT molecular complexity index is 445. The molecule has 1 aromatic carbocycles. The normalized spacial score (nSPS) is 10.5. The van der Waals surface area contributed by atoms with Crippen molar-refractivity contribution in [3.8, 4) is 0 Å². The van der Waals surface area contributed by atoms with Crippen molar-refractivity contribution in [2.24, 2.45) is 0 Å². The molecule has 1 heterocycles. The van der Waals surface area contributed by atoms with Crippen LogP contribution in [0.25, 0.3) is 0 Å². The van der Waals surface area contributed by atoms with Crippen molar-refractivity contribution in [1.82, 2.24) is 4.98 Å². The third-order valence-electron chi connectivity index (χ3n) is 3.24. The van der Waals surface area contributed by atoms with Gasteiger partial charge in [-0.25, -0.2) is 0 Å². The highest BCUT2D eigenvalue weighted by molar-refractivity contribution is 5.23. The van der Waals surface area contributed by atoms with Gasteiger partial charge in [0.25, 0.3) is 0 Å². The highest BCUT2D eigenvalue weighted by Gasteiger charge is 1.97. The molecular formula is C17H21N. The maximum atomic E-state index is 4.35. The zero-order chi connectivity index (χ0) is 12.6. The van der Waals surface area contributed by atoms with Crippen molar-refractivity contribution in [1.29, 1.82) is 0 Å². The maximum absolute atomic E-state index is 4.35. The lowest BCUT2D eigenvalue weighted by atomic mass is 10.0.